The SMILES string of the molecule is CC1Cc2ccccc2N1C(=O)C(=O)Nc1ccc(OCc2ccccc2)cc1. The Hall–Kier alpha value is -3.60. The van der Waals surface area contributed by atoms with Crippen molar-refractivity contribution in [2.75, 3.05) is 10.2 Å². The van der Waals surface area contributed by atoms with E-state index >= 15 is 0 Å². The molecule has 3 aromatic rings. The molecule has 1 aliphatic heterocycles. The Morgan fingerprint density at radius 2 is 1.66 bits per heavy atom. The van der Waals surface area contributed by atoms with Gasteiger partial charge < -0.3 is 15.0 Å². The number of amides is 2. The molecule has 0 radical (unpaired) electrons. The van der Waals surface area contributed by atoms with E-state index in [2.05, 4.69) is 5.32 Å². The van der Waals surface area contributed by atoms with Gasteiger partial charge in [0.15, 0.2) is 0 Å². The maximum Gasteiger partial charge on any atom is 0.316 e. The van der Waals surface area contributed by atoms with Gasteiger partial charge in [-0.1, -0.05) is 48.5 Å². The Morgan fingerprint density at radius 3 is 2.41 bits per heavy atom. The van der Waals surface area contributed by atoms with Crippen molar-refractivity contribution in [3.63, 3.8) is 0 Å². The van der Waals surface area contributed by atoms with Crippen molar-refractivity contribution in [3.8, 4) is 5.75 Å². The molecule has 2 amide bonds. The molecule has 1 N–H and O–H groups in total. The molecule has 0 spiro atoms. The number of hydrogen-bond acceptors (Lipinski definition) is 3. The number of nitrogens with zero attached hydrogens (tertiary/aromatic N) is 1. The summed E-state index contributed by atoms with van der Waals surface area (Å²) in [5, 5.41) is 2.69. The number of carbonyl (C=O) groups is 2. The number of ether oxygens (including phenoxy) is 1. The molecule has 0 aromatic heterocycles. The van der Waals surface area contributed by atoms with Crippen LogP contribution in [-0.4, -0.2) is 17.9 Å². The third kappa shape index (κ3) is 4.14. The molecule has 3 aromatic carbocycles. The minimum Gasteiger partial charge on any atom is -0.489 e. The van der Waals surface area contributed by atoms with E-state index in [0.29, 0.717) is 18.0 Å². The van der Waals surface area contributed by atoms with Crippen LogP contribution in [-0.2, 0) is 22.6 Å². The molecule has 29 heavy (non-hydrogen) atoms. The van der Waals surface area contributed by atoms with Crippen LogP contribution in [0, 0.1) is 0 Å². The van der Waals surface area contributed by atoms with Gasteiger partial charge in [0, 0.05) is 17.4 Å². The smallest absolute Gasteiger partial charge is 0.316 e. The first-order valence-corrected chi connectivity index (χ1v) is 9.61. The molecule has 146 valence electrons. The first-order valence-electron chi connectivity index (χ1n) is 9.61. The van der Waals surface area contributed by atoms with E-state index in [1.807, 2.05) is 61.5 Å². The number of hydrogen-bond donors (Lipinski definition) is 1. The number of nitrogens with one attached hydrogen (secondary N) is 1. The highest BCUT2D eigenvalue weighted by Gasteiger charge is 2.34. The Labute approximate surface area is 169 Å². The van der Waals surface area contributed by atoms with E-state index in [9.17, 15) is 9.59 Å². The summed E-state index contributed by atoms with van der Waals surface area (Å²) in [7, 11) is 0. The lowest BCUT2D eigenvalue weighted by Gasteiger charge is -2.22. The summed E-state index contributed by atoms with van der Waals surface area (Å²) < 4.78 is 5.75. The fourth-order valence-corrected chi connectivity index (χ4v) is 3.54. The van der Waals surface area contributed by atoms with Gasteiger partial charge in [-0.05, 0) is 54.8 Å². The van der Waals surface area contributed by atoms with Gasteiger partial charge in [0.25, 0.3) is 0 Å². The molecule has 1 atom stereocenters. The van der Waals surface area contributed by atoms with Gasteiger partial charge in [-0.25, -0.2) is 0 Å². The Balaban J connectivity index is 1.38. The van der Waals surface area contributed by atoms with Crippen LogP contribution in [0.1, 0.15) is 18.1 Å². The van der Waals surface area contributed by atoms with Gasteiger partial charge in [0.05, 0.1) is 0 Å². The molecule has 0 saturated carbocycles. The van der Waals surface area contributed by atoms with Crippen LogP contribution in [0.15, 0.2) is 78.9 Å². The van der Waals surface area contributed by atoms with Crippen LogP contribution in [0.25, 0.3) is 0 Å². The third-order valence-corrected chi connectivity index (χ3v) is 4.98. The van der Waals surface area contributed by atoms with E-state index in [1.54, 1.807) is 29.2 Å². The lowest BCUT2D eigenvalue weighted by Crippen LogP contribution is -2.43. The molecular formula is C24H22N2O3. The average molecular weight is 386 g/mol. The molecule has 0 bridgehead atoms. The maximum atomic E-state index is 12.7. The Morgan fingerprint density at radius 1 is 0.966 bits per heavy atom. The predicted octanol–water partition coefficient (Wildman–Crippen LogP) is 4.18. The van der Waals surface area contributed by atoms with Crippen molar-refractivity contribution in [1.82, 2.24) is 0 Å². The van der Waals surface area contributed by atoms with Gasteiger partial charge in [-0.15, -0.1) is 0 Å². The summed E-state index contributed by atoms with van der Waals surface area (Å²) in [4.78, 5) is 26.8. The first kappa shape index (κ1) is 18.7. The minimum absolute atomic E-state index is 0.0422. The summed E-state index contributed by atoms with van der Waals surface area (Å²) in [6, 6.07) is 24.5. The zero-order chi connectivity index (χ0) is 20.2. The first-order chi connectivity index (χ1) is 14.1. The second-order valence-corrected chi connectivity index (χ2v) is 7.11. The van der Waals surface area contributed by atoms with Crippen molar-refractivity contribution < 1.29 is 14.3 Å². The highest BCUT2D eigenvalue weighted by atomic mass is 16.5. The van der Waals surface area contributed by atoms with Gasteiger partial charge in [-0.3, -0.25) is 9.59 Å². The zero-order valence-electron chi connectivity index (χ0n) is 16.2. The number of anilines is 2. The lowest BCUT2D eigenvalue weighted by molar-refractivity contribution is -0.134. The van der Waals surface area contributed by atoms with Crippen LogP contribution in [0.3, 0.4) is 0 Å². The number of fused-ring (bicyclic) bond motifs is 1. The van der Waals surface area contributed by atoms with Crippen molar-refractivity contribution in [1.29, 1.82) is 0 Å². The monoisotopic (exact) mass is 386 g/mol. The van der Waals surface area contributed by atoms with Gasteiger partial charge in [-0.2, -0.15) is 0 Å². The van der Waals surface area contributed by atoms with E-state index in [-0.39, 0.29) is 6.04 Å². The quantitative estimate of drug-likeness (QED) is 0.685. The topological polar surface area (TPSA) is 58.6 Å². The number of para-hydroxylation sites is 1. The molecule has 5 heteroatoms. The number of rotatable bonds is 4. The van der Waals surface area contributed by atoms with E-state index in [1.165, 1.54) is 0 Å². The summed E-state index contributed by atoms with van der Waals surface area (Å²) >= 11 is 0. The van der Waals surface area contributed by atoms with Crippen molar-refractivity contribution >= 4 is 23.2 Å². The minimum atomic E-state index is -0.647. The fourth-order valence-electron chi connectivity index (χ4n) is 3.54. The fraction of sp³-hybridized carbons (Fsp3) is 0.167. The van der Waals surface area contributed by atoms with Crippen molar-refractivity contribution in [3.05, 3.63) is 90.0 Å². The van der Waals surface area contributed by atoms with Crippen LogP contribution in [0.5, 0.6) is 5.75 Å². The van der Waals surface area contributed by atoms with Crippen LogP contribution in [0.4, 0.5) is 11.4 Å². The highest BCUT2D eigenvalue weighted by molar-refractivity contribution is 6.44. The molecule has 1 aliphatic rings. The van der Waals surface area contributed by atoms with Crippen LogP contribution in [0.2, 0.25) is 0 Å². The summed E-state index contributed by atoms with van der Waals surface area (Å²) in [6.07, 6.45) is 0.753. The van der Waals surface area contributed by atoms with E-state index < -0.39 is 11.8 Å². The second-order valence-electron chi connectivity index (χ2n) is 7.11. The van der Waals surface area contributed by atoms with Crippen LogP contribution >= 0.6 is 0 Å². The Bertz CT molecular complexity index is 1020. The van der Waals surface area contributed by atoms with Crippen molar-refractivity contribution in [2.45, 2.75) is 26.0 Å². The molecule has 1 heterocycles. The van der Waals surface area contributed by atoms with Gasteiger partial charge >= 0.3 is 11.8 Å². The van der Waals surface area contributed by atoms with Crippen molar-refractivity contribution in [2.24, 2.45) is 0 Å². The maximum absolute atomic E-state index is 12.7. The summed E-state index contributed by atoms with van der Waals surface area (Å²) in [6.45, 7) is 2.42. The van der Waals surface area contributed by atoms with Crippen LogP contribution < -0.4 is 15.0 Å². The average Bonchev–Trinajstić information content (AvgIpc) is 3.09. The highest BCUT2D eigenvalue weighted by Crippen LogP contribution is 2.32. The Kier molecular flexibility index (Phi) is 5.29. The molecule has 0 saturated heterocycles. The molecule has 0 fully saturated rings. The molecule has 1 unspecified atom stereocenters. The lowest BCUT2D eigenvalue weighted by atomic mass is 10.1. The molecule has 0 aliphatic carbocycles. The standard InChI is InChI=1S/C24H22N2O3/c1-17-15-19-9-5-6-10-22(19)26(17)24(28)23(27)25-20-11-13-21(14-12-20)29-16-18-7-3-2-4-8-18/h2-14,17H,15-16H2,1H3,(H,25,27). The molecule has 4 rings (SSSR count). The summed E-state index contributed by atoms with van der Waals surface area (Å²) in [5.74, 6) is -0.501. The zero-order valence-corrected chi connectivity index (χ0v) is 16.2. The van der Waals surface area contributed by atoms with Gasteiger partial charge in [0.1, 0.15) is 12.4 Å². The number of benzene rings is 3. The van der Waals surface area contributed by atoms with E-state index in [4.69, 9.17) is 4.74 Å². The molecular weight excluding hydrogens is 364 g/mol. The van der Waals surface area contributed by atoms with Gasteiger partial charge in [0.2, 0.25) is 0 Å². The largest absolute Gasteiger partial charge is 0.489 e. The summed E-state index contributed by atoms with van der Waals surface area (Å²) in [5.41, 5.74) is 3.52. The predicted molar refractivity (Wildman–Crippen MR) is 113 cm³/mol. The van der Waals surface area contributed by atoms with E-state index in [0.717, 1.165) is 23.2 Å². The normalized spacial score (nSPS) is 14.9. The second kappa shape index (κ2) is 8.19. The number of carbonyl (C=O) groups excluding carboxylic acids is 2. The third-order valence-electron chi connectivity index (χ3n) is 4.98. The molecule has 5 nitrogen and oxygen atoms in total.